The van der Waals surface area contributed by atoms with Gasteiger partial charge in [-0.2, -0.15) is 0 Å². The summed E-state index contributed by atoms with van der Waals surface area (Å²) in [5, 5.41) is 4.90. The second-order valence-electron chi connectivity index (χ2n) is 5.53. The Morgan fingerprint density at radius 1 is 1.14 bits per heavy atom. The van der Waals surface area contributed by atoms with E-state index in [4.69, 9.17) is 32.7 Å². The van der Waals surface area contributed by atoms with Gasteiger partial charge in [0.1, 0.15) is 5.75 Å². The van der Waals surface area contributed by atoms with Crippen molar-refractivity contribution in [2.24, 2.45) is 0 Å². The Balaban J connectivity index is 1.95. The molecule has 2 aromatic rings. The first-order valence-electron chi connectivity index (χ1n) is 7.05. The second kappa shape index (κ2) is 5.99. The summed E-state index contributed by atoms with van der Waals surface area (Å²) in [7, 11) is 1.65. The Hall–Kier alpha value is -1.42. The molecule has 2 atom stereocenters. The van der Waals surface area contributed by atoms with E-state index < -0.39 is 5.79 Å². The van der Waals surface area contributed by atoms with Crippen molar-refractivity contribution >= 4 is 28.9 Å². The van der Waals surface area contributed by atoms with Crippen LogP contribution >= 0.6 is 23.2 Å². The van der Waals surface area contributed by atoms with Gasteiger partial charge in [0.15, 0.2) is 0 Å². The highest BCUT2D eigenvalue weighted by molar-refractivity contribution is 6.31. The third-order valence-corrected chi connectivity index (χ3v) is 4.35. The van der Waals surface area contributed by atoms with Gasteiger partial charge in [0.2, 0.25) is 5.79 Å². The van der Waals surface area contributed by atoms with Crippen molar-refractivity contribution < 1.29 is 9.47 Å². The average Bonchev–Trinajstić information content (AvgIpc) is 2.50. The van der Waals surface area contributed by atoms with Gasteiger partial charge in [-0.3, -0.25) is 0 Å². The van der Waals surface area contributed by atoms with Crippen LogP contribution in [0.25, 0.3) is 0 Å². The molecule has 3 rings (SSSR count). The third-order valence-electron chi connectivity index (χ3n) is 3.86. The van der Waals surface area contributed by atoms with Crippen molar-refractivity contribution in [3.05, 3.63) is 58.1 Å². The van der Waals surface area contributed by atoms with Gasteiger partial charge in [-0.1, -0.05) is 23.2 Å². The zero-order chi connectivity index (χ0) is 15.7. The number of fused-ring (bicyclic) bond motifs is 1. The zero-order valence-corrected chi connectivity index (χ0v) is 13.9. The molecular formula is C17H17Cl2NO2. The molecule has 0 amide bonds. The fraction of sp³-hybridized carbons (Fsp3) is 0.294. The molecule has 116 valence electrons. The quantitative estimate of drug-likeness (QED) is 0.825. The summed E-state index contributed by atoms with van der Waals surface area (Å²) >= 11 is 12.1. The zero-order valence-electron chi connectivity index (χ0n) is 12.4. The highest BCUT2D eigenvalue weighted by Gasteiger charge is 2.37. The van der Waals surface area contributed by atoms with Crippen molar-refractivity contribution in [3.63, 3.8) is 0 Å². The molecule has 0 radical (unpaired) electrons. The van der Waals surface area contributed by atoms with E-state index in [0.717, 1.165) is 17.0 Å². The fourth-order valence-corrected chi connectivity index (χ4v) is 2.95. The molecule has 5 heteroatoms. The maximum atomic E-state index is 6.14. The summed E-state index contributed by atoms with van der Waals surface area (Å²) in [4.78, 5) is 0. The molecule has 0 aliphatic carbocycles. The van der Waals surface area contributed by atoms with E-state index in [1.54, 1.807) is 7.11 Å². The molecule has 0 unspecified atom stereocenters. The van der Waals surface area contributed by atoms with E-state index in [2.05, 4.69) is 5.32 Å². The minimum Gasteiger partial charge on any atom is -0.462 e. The summed E-state index contributed by atoms with van der Waals surface area (Å²) in [5.41, 5.74) is 2.01. The number of hydrogen-bond donors (Lipinski definition) is 1. The fourth-order valence-electron chi connectivity index (χ4n) is 2.64. The van der Waals surface area contributed by atoms with Gasteiger partial charge in [-0.15, -0.1) is 0 Å². The monoisotopic (exact) mass is 337 g/mol. The number of halogens is 2. The Labute approximate surface area is 140 Å². The van der Waals surface area contributed by atoms with Crippen LogP contribution in [0.5, 0.6) is 5.75 Å². The molecule has 3 nitrogen and oxygen atoms in total. The highest BCUT2D eigenvalue weighted by Crippen LogP contribution is 2.42. The molecule has 1 aliphatic rings. The molecule has 0 fully saturated rings. The van der Waals surface area contributed by atoms with Crippen molar-refractivity contribution in [2.45, 2.75) is 25.2 Å². The van der Waals surface area contributed by atoms with Gasteiger partial charge in [0.05, 0.1) is 6.04 Å². The van der Waals surface area contributed by atoms with Gasteiger partial charge in [0.25, 0.3) is 0 Å². The van der Waals surface area contributed by atoms with Gasteiger partial charge < -0.3 is 14.8 Å². The lowest BCUT2D eigenvalue weighted by Gasteiger charge is -2.39. The normalized spacial score (nSPS) is 23.5. The first kappa shape index (κ1) is 15.5. The van der Waals surface area contributed by atoms with E-state index in [1.807, 2.05) is 49.4 Å². The van der Waals surface area contributed by atoms with Crippen LogP contribution in [0.3, 0.4) is 0 Å². The Morgan fingerprint density at radius 3 is 2.50 bits per heavy atom. The Kier molecular flexibility index (Phi) is 4.22. The number of benzene rings is 2. The lowest BCUT2D eigenvalue weighted by Crippen LogP contribution is -2.41. The number of anilines is 1. The second-order valence-corrected chi connectivity index (χ2v) is 6.40. The van der Waals surface area contributed by atoms with Crippen LogP contribution in [-0.2, 0) is 4.74 Å². The molecule has 0 bridgehead atoms. The molecule has 22 heavy (non-hydrogen) atoms. The van der Waals surface area contributed by atoms with Gasteiger partial charge in [-0.05, 0) is 42.5 Å². The van der Waals surface area contributed by atoms with E-state index in [0.29, 0.717) is 16.5 Å². The number of methoxy groups -OCH3 is 1. The predicted octanol–water partition coefficient (Wildman–Crippen LogP) is 5.29. The third kappa shape index (κ3) is 3.17. The molecule has 2 aromatic carbocycles. The lowest BCUT2D eigenvalue weighted by atomic mass is 9.94. The van der Waals surface area contributed by atoms with Crippen LogP contribution in [0.15, 0.2) is 42.5 Å². The van der Waals surface area contributed by atoms with E-state index >= 15 is 0 Å². The summed E-state index contributed by atoms with van der Waals surface area (Å²) in [5.74, 6) is 0.108. The summed E-state index contributed by atoms with van der Waals surface area (Å²) in [6, 6.07) is 13.3. The maximum Gasteiger partial charge on any atom is 0.209 e. The first-order valence-corrected chi connectivity index (χ1v) is 7.80. The molecule has 1 aliphatic heterocycles. The Morgan fingerprint density at radius 2 is 1.82 bits per heavy atom. The highest BCUT2D eigenvalue weighted by atomic mass is 35.5. The van der Waals surface area contributed by atoms with Gasteiger partial charge >= 0.3 is 0 Å². The van der Waals surface area contributed by atoms with Crippen molar-refractivity contribution in [3.8, 4) is 5.75 Å². The molecule has 1 N–H and O–H groups in total. The average molecular weight is 338 g/mol. The first-order chi connectivity index (χ1) is 10.5. The molecule has 1 heterocycles. The van der Waals surface area contributed by atoms with Crippen LogP contribution in [-0.4, -0.2) is 12.9 Å². The molecule has 0 spiro atoms. The largest absolute Gasteiger partial charge is 0.462 e. The number of nitrogens with one attached hydrogen (secondary N) is 1. The molecule has 0 saturated carbocycles. The summed E-state index contributed by atoms with van der Waals surface area (Å²) < 4.78 is 11.5. The van der Waals surface area contributed by atoms with Crippen molar-refractivity contribution in [1.29, 1.82) is 0 Å². The van der Waals surface area contributed by atoms with Gasteiger partial charge in [0, 0.05) is 41.8 Å². The number of hydrogen-bond acceptors (Lipinski definition) is 3. The number of ether oxygens (including phenoxy) is 2. The smallest absolute Gasteiger partial charge is 0.209 e. The van der Waals surface area contributed by atoms with E-state index in [9.17, 15) is 0 Å². The number of rotatable bonds is 3. The van der Waals surface area contributed by atoms with Crippen LogP contribution in [0, 0.1) is 0 Å². The van der Waals surface area contributed by atoms with Crippen LogP contribution in [0.1, 0.15) is 24.9 Å². The van der Waals surface area contributed by atoms with E-state index in [1.165, 1.54) is 0 Å². The van der Waals surface area contributed by atoms with Crippen LogP contribution < -0.4 is 10.1 Å². The maximum absolute atomic E-state index is 6.14. The topological polar surface area (TPSA) is 30.5 Å². The summed E-state index contributed by atoms with van der Waals surface area (Å²) in [6.07, 6.45) is 0.666. The minimum atomic E-state index is -0.676. The SMILES string of the molecule is CO[C@@]1(C)C[C@@H](Nc2ccc(Cl)cc2)c2cc(Cl)ccc2O1. The predicted molar refractivity (Wildman–Crippen MR) is 89.9 cm³/mol. The minimum absolute atomic E-state index is 0.0357. The van der Waals surface area contributed by atoms with E-state index in [-0.39, 0.29) is 6.04 Å². The molecular weight excluding hydrogens is 321 g/mol. The molecule has 0 saturated heterocycles. The van der Waals surface area contributed by atoms with Crippen molar-refractivity contribution in [2.75, 3.05) is 12.4 Å². The summed E-state index contributed by atoms with van der Waals surface area (Å²) in [6.45, 7) is 1.93. The Bertz CT molecular complexity index is 675. The van der Waals surface area contributed by atoms with Crippen LogP contribution in [0.4, 0.5) is 5.69 Å². The van der Waals surface area contributed by atoms with Gasteiger partial charge in [-0.25, -0.2) is 0 Å². The van der Waals surface area contributed by atoms with Crippen LogP contribution in [0.2, 0.25) is 10.0 Å². The van der Waals surface area contributed by atoms with Crippen molar-refractivity contribution in [1.82, 2.24) is 0 Å². The standard InChI is InChI=1S/C17H17Cl2NO2/c1-17(21-2)10-15(20-13-6-3-11(18)4-7-13)14-9-12(19)5-8-16(14)22-17/h3-9,15,20H,10H2,1-2H3/t15-,17-/m1/s1. The lowest BCUT2D eigenvalue weighted by molar-refractivity contribution is -0.164. The molecule has 0 aromatic heterocycles.